The van der Waals surface area contributed by atoms with Crippen LogP contribution < -0.4 is 5.32 Å². The fourth-order valence-corrected chi connectivity index (χ4v) is 1.97. The molecule has 1 aromatic heterocycles. The molecule has 0 aliphatic heterocycles. The normalized spacial score (nSPS) is 10.1. The zero-order chi connectivity index (χ0) is 15.2. The van der Waals surface area contributed by atoms with Crippen molar-refractivity contribution in [2.75, 3.05) is 6.54 Å². The number of benzene rings is 1. The molecule has 0 bridgehead atoms. The van der Waals surface area contributed by atoms with Gasteiger partial charge in [0.15, 0.2) is 11.4 Å². The molecular formula is C14H12ClN3O3. The molecule has 0 spiro atoms. The Morgan fingerprint density at radius 1 is 1.19 bits per heavy atom. The molecule has 2 N–H and O–H groups in total. The largest absolute Gasteiger partial charge is 0.476 e. The van der Waals surface area contributed by atoms with Crippen molar-refractivity contribution >= 4 is 23.5 Å². The number of hydrogen-bond acceptors (Lipinski definition) is 4. The molecule has 0 saturated carbocycles. The van der Waals surface area contributed by atoms with Crippen molar-refractivity contribution in [2.45, 2.75) is 6.42 Å². The van der Waals surface area contributed by atoms with E-state index >= 15 is 0 Å². The second-order valence-electron chi connectivity index (χ2n) is 4.19. The minimum absolute atomic E-state index is 0.198. The lowest BCUT2D eigenvalue weighted by Gasteiger charge is -2.06. The van der Waals surface area contributed by atoms with Crippen molar-refractivity contribution in [3.05, 3.63) is 58.6 Å². The van der Waals surface area contributed by atoms with E-state index in [-0.39, 0.29) is 11.4 Å². The fraction of sp³-hybridized carbons (Fsp3) is 0.143. The summed E-state index contributed by atoms with van der Waals surface area (Å²) in [6.07, 6.45) is 3.08. The number of carbonyl (C=O) groups is 2. The minimum atomic E-state index is -1.29. The van der Waals surface area contributed by atoms with Gasteiger partial charge >= 0.3 is 5.97 Å². The van der Waals surface area contributed by atoms with Crippen LogP contribution in [0.15, 0.2) is 36.7 Å². The van der Waals surface area contributed by atoms with Gasteiger partial charge in [-0.1, -0.05) is 23.7 Å². The van der Waals surface area contributed by atoms with Crippen LogP contribution >= 0.6 is 11.6 Å². The zero-order valence-corrected chi connectivity index (χ0v) is 11.7. The van der Waals surface area contributed by atoms with E-state index in [1.54, 1.807) is 12.1 Å². The van der Waals surface area contributed by atoms with Gasteiger partial charge in [0.2, 0.25) is 0 Å². The number of carboxylic acids is 1. The van der Waals surface area contributed by atoms with Crippen LogP contribution in [0.25, 0.3) is 0 Å². The first-order valence-corrected chi connectivity index (χ1v) is 6.52. The third kappa shape index (κ3) is 4.00. The van der Waals surface area contributed by atoms with E-state index in [4.69, 9.17) is 16.7 Å². The van der Waals surface area contributed by atoms with Gasteiger partial charge in [-0.15, -0.1) is 0 Å². The summed E-state index contributed by atoms with van der Waals surface area (Å²) in [7, 11) is 0. The third-order valence-electron chi connectivity index (χ3n) is 2.70. The highest BCUT2D eigenvalue weighted by atomic mass is 35.5. The first-order valence-electron chi connectivity index (χ1n) is 6.15. The molecule has 1 amide bonds. The Morgan fingerprint density at radius 2 is 1.90 bits per heavy atom. The van der Waals surface area contributed by atoms with Crippen molar-refractivity contribution in [3.63, 3.8) is 0 Å². The number of hydrogen-bond donors (Lipinski definition) is 2. The smallest absolute Gasteiger partial charge is 0.356 e. The molecular weight excluding hydrogens is 294 g/mol. The van der Waals surface area contributed by atoms with Crippen LogP contribution in [0.1, 0.15) is 26.5 Å². The topological polar surface area (TPSA) is 92.2 Å². The maximum atomic E-state index is 11.9. The maximum Gasteiger partial charge on any atom is 0.356 e. The lowest BCUT2D eigenvalue weighted by atomic mass is 10.1. The molecule has 2 rings (SSSR count). The van der Waals surface area contributed by atoms with Gasteiger partial charge < -0.3 is 10.4 Å². The van der Waals surface area contributed by atoms with Crippen LogP contribution in [0.2, 0.25) is 5.02 Å². The van der Waals surface area contributed by atoms with Crippen LogP contribution in [0.4, 0.5) is 0 Å². The average Bonchev–Trinajstić information content (AvgIpc) is 2.47. The van der Waals surface area contributed by atoms with Crippen molar-refractivity contribution in [1.82, 2.24) is 15.3 Å². The number of aromatic carboxylic acids is 1. The van der Waals surface area contributed by atoms with Crippen LogP contribution in [0, 0.1) is 0 Å². The average molecular weight is 306 g/mol. The first kappa shape index (κ1) is 14.9. The summed E-state index contributed by atoms with van der Waals surface area (Å²) in [6, 6.07) is 7.29. The van der Waals surface area contributed by atoms with Crippen molar-refractivity contribution < 1.29 is 14.7 Å². The van der Waals surface area contributed by atoms with Crippen molar-refractivity contribution in [2.24, 2.45) is 0 Å². The molecule has 0 radical (unpaired) electrons. The molecule has 0 fully saturated rings. The van der Waals surface area contributed by atoms with Crippen LogP contribution in [-0.2, 0) is 6.42 Å². The third-order valence-corrected chi connectivity index (χ3v) is 2.94. The summed E-state index contributed by atoms with van der Waals surface area (Å²) >= 11 is 5.87. The highest BCUT2D eigenvalue weighted by Crippen LogP contribution is 2.10. The summed E-state index contributed by atoms with van der Waals surface area (Å²) in [4.78, 5) is 30.3. The van der Waals surface area contributed by atoms with Gasteiger partial charge in [-0.2, -0.15) is 0 Å². The number of nitrogens with one attached hydrogen (secondary N) is 1. The Hall–Kier alpha value is -2.47. The Kier molecular flexibility index (Phi) is 4.84. The molecule has 2 aromatic rings. The Labute approximate surface area is 125 Å². The second-order valence-corrected chi connectivity index (χ2v) is 4.63. The van der Waals surface area contributed by atoms with Gasteiger partial charge in [-0.3, -0.25) is 4.79 Å². The number of aromatic nitrogens is 2. The van der Waals surface area contributed by atoms with E-state index in [1.165, 1.54) is 12.4 Å². The van der Waals surface area contributed by atoms with E-state index in [2.05, 4.69) is 15.3 Å². The van der Waals surface area contributed by atoms with Crippen LogP contribution in [-0.4, -0.2) is 33.5 Å². The Balaban J connectivity index is 1.98. The quantitative estimate of drug-likeness (QED) is 0.878. The molecule has 1 heterocycles. The van der Waals surface area contributed by atoms with Crippen LogP contribution in [0.3, 0.4) is 0 Å². The van der Waals surface area contributed by atoms with E-state index < -0.39 is 11.9 Å². The molecule has 0 unspecified atom stereocenters. The maximum absolute atomic E-state index is 11.9. The van der Waals surface area contributed by atoms with Gasteiger partial charge in [0.25, 0.3) is 5.91 Å². The summed E-state index contributed by atoms with van der Waals surface area (Å²) < 4.78 is 0. The SMILES string of the molecule is O=C(O)c1nccnc1C(=O)NCCc1cccc(Cl)c1. The predicted octanol–water partition coefficient (Wildman–Crippen LogP) is 1.80. The molecule has 1 aromatic carbocycles. The predicted molar refractivity (Wildman–Crippen MR) is 76.5 cm³/mol. The minimum Gasteiger partial charge on any atom is -0.476 e. The second kappa shape index (κ2) is 6.81. The molecule has 6 nitrogen and oxygen atoms in total. The molecule has 7 heteroatoms. The standard InChI is InChI=1S/C14H12ClN3O3/c15-10-3-1-2-9(8-10)4-5-18-13(19)11-12(14(20)21)17-7-6-16-11/h1-3,6-8H,4-5H2,(H,18,19)(H,20,21). The summed E-state index contributed by atoms with van der Waals surface area (Å²) in [5.74, 6) is -1.86. The van der Waals surface area contributed by atoms with Gasteiger partial charge in [-0.05, 0) is 24.1 Å². The van der Waals surface area contributed by atoms with Crippen molar-refractivity contribution in [1.29, 1.82) is 0 Å². The van der Waals surface area contributed by atoms with Gasteiger partial charge in [0.05, 0.1) is 0 Å². The van der Waals surface area contributed by atoms with Gasteiger partial charge in [0, 0.05) is 24.0 Å². The first-order chi connectivity index (χ1) is 10.1. The van der Waals surface area contributed by atoms with Crippen LogP contribution in [0.5, 0.6) is 0 Å². The van der Waals surface area contributed by atoms with E-state index in [1.807, 2.05) is 12.1 Å². The summed E-state index contributed by atoms with van der Waals surface area (Å²) in [5.41, 5.74) is 0.411. The Morgan fingerprint density at radius 3 is 2.57 bits per heavy atom. The number of rotatable bonds is 5. The van der Waals surface area contributed by atoms with E-state index in [9.17, 15) is 9.59 Å². The highest BCUT2D eigenvalue weighted by Gasteiger charge is 2.18. The van der Waals surface area contributed by atoms with E-state index in [0.29, 0.717) is 18.0 Å². The number of amides is 1. The van der Waals surface area contributed by atoms with Gasteiger partial charge in [0.1, 0.15) is 0 Å². The lowest BCUT2D eigenvalue weighted by molar-refractivity contribution is 0.0683. The highest BCUT2D eigenvalue weighted by molar-refractivity contribution is 6.30. The summed E-state index contributed by atoms with van der Waals surface area (Å²) in [6.45, 7) is 0.342. The number of carbonyl (C=O) groups excluding carboxylic acids is 1. The molecule has 21 heavy (non-hydrogen) atoms. The Bertz CT molecular complexity index is 676. The molecule has 0 aliphatic rings. The van der Waals surface area contributed by atoms with Crippen molar-refractivity contribution in [3.8, 4) is 0 Å². The number of halogens is 1. The fourth-order valence-electron chi connectivity index (χ4n) is 1.76. The monoisotopic (exact) mass is 305 g/mol. The number of carboxylic acid groups (broad SMARTS) is 1. The molecule has 0 atom stereocenters. The lowest BCUT2D eigenvalue weighted by Crippen LogP contribution is -2.28. The zero-order valence-electron chi connectivity index (χ0n) is 10.9. The van der Waals surface area contributed by atoms with E-state index in [0.717, 1.165) is 5.56 Å². The number of nitrogens with zero attached hydrogens (tertiary/aromatic N) is 2. The molecule has 0 saturated heterocycles. The summed E-state index contributed by atoms with van der Waals surface area (Å²) in [5, 5.41) is 12.2. The van der Waals surface area contributed by atoms with Gasteiger partial charge in [-0.25, -0.2) is 14.8 Å². The molecule has 0 aliphatic carbocycles. The molecule has 108 valence electrons.